The molecule has 1 unspecified atom stereocenters. The van der Waals surface area contributed by atoms with E-state index in [1.807, 2.05) is 0 Å². The van der Waals surface area contributed by atoms with Crippen molar-refractivity contribution in [2.24, 2.45) is 0 Å². The minimum absolute atomic E-state index is 0. The molecule has 0 radical (unpaired) electrons. The van der Waals surface area contributed by atoms with Gasteiger partial charge in [-0.15, -0.1) is 0 Å². The first-order valence-corrected chi connectivity index (χ1v) is 14.2. The summed E-state index contributed by atoms with van der Waals surface area (Å²) in [6.45, 7) is 7.19. The Morgan fingerprint density at radius 3 is 2.33 bits per heavy atom. The molecule has 0 fully saturated rings. The molecule has 2 rings (SSSR count). The summed E-state index contributed by atoms with van der Waals surface area (Å²) in [5.41, 5.74) is 4.82. The second-order valence-electron chi connectivity index (χ2n) is 4.63. The van der Waals surface area contributed by atoms with E-state index in [2.05, 4.69) is 51.1 Å². The second-order valence-corrected chi connectivity index (χ2v) is 17.9. The maximum atomic E-state index is 2.43. The SMILES string of the molecule is CC[SiH](CC)[Zr+2][CH]1C(C)=Cc2ccccc21.[Cl-].[Cl-]. The molecule has 0 aromatic heterocycles. The van der Waals surface area contributed by atoms with Gasteiger partial charge in [0, 0.05) is 0 Å². The molecule has 1 aliphatic carbocycles. The maximum absolute atomic E-state index is 2.43. The van der Waals surface area contributed by atoms with E-state index in [0.717, 1.165) is 3.63 Å². The Kier molecular flexibility index (Phi) is 9.05. The van der Waals surface area contributed by atoms with Gasteiger partial charge in [-0.05, 0) is 0 Å². The van der Waals surface area contributed by atoms with Crippen molar-refractivity contribution in [3.8, 4) is 0 Å². The van der Waals surface area contributed by atoms with Crippen LogP contribution in [0, 0.1) is 0 Å². The second kappa shape index (κ2) is 8.74. The minimum Gasteiger partial charge on any atom is -1.00 e. The van der Waals surface area contributed by atoms with Crippen molar-refractivity contribution in [2.45, 2.75) is 36.5 Å². The average molecular weight is 379 g/mol. The van der Waals surface area contributed by atoms with Gasteiger partial charge in [-0.25, -0.2) is 0 Å². The molecule has 1 aromatic carbocycles. The van der Waals surface area contributed by atoms with E-state index in [1.54, 1.807) is 11.1 Å². The minimum atomic E-state index is -0.313. The Hall–Kier alpha value is 0.640. The summed E-state index contributed by atoms with van der Waals surface area (Å²) in [7, 11) is 0. The molecule has 0 bridgehead atoms. The molecule has 0 saturated carbocycles. The van der Waals surface area contributed by atoms with Gasteiger partial charge in [0.05, 0.1) is 0 Å². The summed E-state index contributed by atoms with van der Waals surface area (Å²) in [6.07, 6.45) is 2.43. The molecule has 18 heavy (non-hydrogen) atoms. The summed E-state index contributed by atoms with van der Waals surface area (Å²) < 4.78 is 0.913. The van der Waals surface area contributed by atoms with Gasteiger partial charge in [0.2, 0.25) is 0 Å². The van der Waals surface area contributed by atoms with E-state index in [1.165, 1.54) is 17.7 Å². The Morgan fingerprint density at radius 1 is 1.11 bits per heavy atom. The van der Waals surface area contributed by atoms with Crippen LogP contribution in [-0.2, 0) is 22.4 Å². The van der Waals surface area contributed by atoms with E-state index in [0.29, 0.717) is 0 Å². The van der Waals surface area contributed by atoms with Crippen LogP contribution in [0.2, 0.25) is 12.1 Å². The van der Waals surface area contributed by atoms with Gasteiger partial charge in [-0.3, -0.25) is 0 Å². The Labute approximate surface area is 136 Å². The molecule has 4 heteroatoms. The van der Waals surface area contributed by atoms with Crippen molar-refractivity contribution in [2.75, 3.05) is 0 Å². The number of fused-ring (bicyclic) bond motifs is 1. The Balaban J connectivity index is 0.00000144. The normalized spacial score (nSPS) is 16.2. The third kappa shape index (κ3) is 4.07. The van der Waals surface area contributed by atoms with Crippen molar-refractivity contribution >= 4 is 12.0 Å². The fourth-order valence-electron chi connectivity index (χ4n) is 2.46. The molecule has 1 aliphatic rings. The van der Waals surface area contributed by atoms with Crippen molar-refractivity contribution in [3.63, 3.8) is 0 Å². The van der Waals surface area contributed by atoms with Gasteiger partial charge in [-0.1, -0.05) is 0 Å². The van der Waals surface area contributed by atoms with Crippen LogP contribution in [0.5, 0.6) is 0 Å². The van der Waals surface area contributed by atoms with E-state index in [4.69, 9.17) is 0 Å². The van der Waals surface area contributed by atoms with E-state index >= 15 is 0 Å². The third-order valence-electron chi connectivity index (χ3n) is 3.53. The molecule has 98 valence electrons. The van der Waals surface area contributed by atoms with Crippen molar-refractivity contribution < 1.29 is 47.2 Å². The molecular weight excluding hydrogens is 358 g/mol. The smallest absolute Gasteiger partial charge is 1.00 e. The van der Waals surface area contributed by atoms with Crippen LogP contribution >= 0.6 is 0 Å². The van der Waals surface area contributed by atoms with Crippen LogP contribution in [0.25, 0.3) is 6.08 Å². The first-order chi connectivity index (χ1) is 7.76. The standard InChI is InChI=1S/C10H9.C4H11Si.2ClH.Zr/c1-8-6-9-4-2-3-5-10(9)7-8;1-3-5-4-2;;;/h2-7H,1H3;5H,3-4H2,1-2H3;2*1H;/q;;;;+2/p-2. The number of rotatable bonds is 4. The predicted octanol–water partition coefficient (Wildman–Crippen LogP) is -2.00. The quantitative estimate of drug-likeness (QED) is 0.532. The van der Waals surface area contributed by atoms with Crippen molar-refractivity contribution in [1.82, 2.24) is 0 Å². The fourth-order valence-corrected chi connectivity index (χ4v) is 15.5. The molecule has 0 saturated heterocycles. The van der Waals surface area contributed by atoms with E-state index in [9.17, 15) is 0 Å². The van der Waals surface area contributed by atoms with E-state index < -0.39 is 0 Å². The first-order valence-electron chi connectivity index (χ1n) is 6.29. The third-order valence-corrected chi connectivity index (χ3v) is 20.1. The zero-order valence-electron chi connectivity index (χ0n) is 11.2. The molecular formula is C14H20Cl2SiZr. The molecule has 0 spiro atoms. The number of halogens is 2. The van der Waals surface area contributed by atoms with Crippen molar-refractivity contribution in [1.29, 1.82) is 0 Å². The average Bonchev–Trinajstić information content (AvgIpc) is 2.62. The summed E-state index contributed by atoms with van der Waals surface area (Å²) in [5.74, 6) is -0.313. The maximum Gasteiger partial charge on any atom is -1.00 e. The topological polar surface area (TPSA) is 0 Å². The monoisotopic (exact) mass is 376 g/mol. The van der Waals surface area contributed by atoms with Gasteiger partial charge in [0.1, 0.15) is 0 Å². The Morgan fingerprint density at radius 2 is 1.72 bits per heavy atom. The van der Waals surface area contributed by atoms with E-state index in [-0.39, 0.29) is 53.1 Å². The van der Waals surface area contributed by atoms with Gasteiger partial charge in [0.15, 0.2) is 0 Å². The number of hydrogen-bond donors (Lipinski definition) is 0. The van der Waals surface area contributed by atoms with Crippen LogP contribution in [0.4, 0.5) is 0 Å². The molecule has 0 N–H and O–H groups in total. The molecule has 0 aliphatic heterocycles. The molecule has 0 nitrogen and oxygen atoms in total. The van der Waals surface area contributed by atoms with Gasteiger partial charge < -0.3 is 24.8 Å². The first kappa shape index (κ1) is 18.6. The molecule has 1 atom stereocenters. The fraction of sp³-hybridized carbons (Fsp3) is 0.429. The summed E-state index contributed by atoms with van der Waals surface area (Å²) in [4.78, 5) is 0. The van der Waals surface area contributed by atoms with Crippen LogP contribution in [0.15, 0.2) is 29.8 Å². The summed E-state index contributed by atoms with van der Waals surface area (Å²) >= 11 is -0.186. The number of hydrogen-bond acceptors (Lipinski definition) is 0. The summed E-state index contributed by atoms with van der Waals surface area (Å²) in [6, 6.07) is 12.1. The largest absolute Gasteiger partial charge is 1.00 e. The van der Waals surface area contributed by atoms with Crippen LogP contribution in [0.3, 0.4) is 0 Å². The molecule has 1 aromatic rings. The van der Waals surface area contributed by atoms with Gasteiger partial charge in [0.25, 0.3) is 0 Å². The molecule has 0 amide bonds. The number of allylic oxidation sites excluding steroid dienone is 1. The number of benzene rings is 1. The van der Waals surface area contributed by atoms with Crippen LogP contribution < -0.4 is 24.8 Å². The summed E-state index contributed by atoms with van der Waals surface area (Å²) in [5, 5.41) is 0. The molecule has 0 heterocycles. The zero-order valence-corrected chi connectivity index (χ0v) is 16.3. The zero-order chi connectivity index (χ0) is 11.5. The van der Waals surface area contributed by atoms with Crippen molar-refractivity contribution in [3.05, 3.63) is 41.0 Å². The predicted molar refractivity (Wildman–Crippen MR) is 70.9 cm³/mol. The van der Waals surface area contributed by atoms with Gasteiger partial charge >= 0.3 is 112 Å². The van der Waals surface area contributed by atoms with Gasteiger partial charge in [-0.2, -0.15) is 0 Å². The Bertz CT molecular complexity index is 403. The van der Waals surface area contributed by atoms with Crippen LogP contribution in [-0.4, -0.2) is 5.92 Å². The van der Waals surface area contributed by atoms with Crippen LogP contribution in [0.1, 0.15) is 35.5 Å².